The fourth-order valence-corrected chi connectivity index (χ4v) is 3.65. The summed E-state index contributed by atoms with van der Waals surface area (Å²) in [6.07, 6.45) is 0.901. The Labute approximate surface area is 180 Å². The zero-order valence-electron chi connectivity index (χ0n) is 16.0. The molecule has 3 rings (SSSR count). The molecule has 2 aromatic rings. The van der Waals surface area contributed by atoms with Gasteiger partial charge in [-0.25, -0.2) is 4.39 Å². The number of rotatable bonds is 5. The first-order chi connectivity index (χ1) is 14.0. The van der Waals surface area contributed by atoms with Crippen LogP contribution in [0.2, 0.25) is 5.02 Å². The number of nitrogens with zero attached hydrogens (tertiary/aromatic N) is 2. The third-order valence-electron chi connectivity index (χ3n) is 4.75. The fourth-order valence-electron chi connectivity index (χ4n) is 3.16. The molecule has 0 radical (unpaired) electrons. The first-order valence-corrected chi connectivity index (χ1v) is 10.3. The summed E-state index contributed by atoms with van der Waals surface area (Å²) >= 11 is 11.3. The third-order valence-corrected chi connectivity index (χ3v) is 5.40. The number of carbonyl (C=O) groups excluding carboxylic acids is 1. The highest BCUT2D eigenvalue weighted by Gasteiger charge is 2.19. The SMILES string of the molecule is O=C(CN1CCCN(C(=S)Nc2ccc(F)c(Cl)c2)CC1)NCc1ccccc1. The van der Waals surface area contributed by atoms with Crippen LogP contribution in [0.4, 0.5) is 10.1 Å². The quantitative estimate of drug-likeness (QED) is 0.705. The summed E-state index contributed by atoms with van der Waals surface area (Å²) in [6.45, 7) is 3.99. The van der Waals surface area contributed by atoms with E-state index >= 15 is 0 Å². The minimum absolute atomic E-state index is 0.0176. The first kappa shape index (κ1) is 21.5. The van der Waals surface area contributed by atoms with Gasteiger partial charge in [0, 0.05) is 38.4 Å². The molecular weight excluding hydrogens is 411 g/mol. The molecule has 0 saturated carbocycles. The summed E-state index contributed by atoms with van der Waals surface area (Å²) < 4.78 is 13.3. The van der Waals surface area contributed by atoms with Gasteiger partial charge in [0.1, 0.15) is 5.82 Å². The highest BCUT2D eigenvalue weighted by molar-refractivity contribution is 7.80. The van der Waals surface area contributed by atoms with E-state index in [9.17, 15) is 9.18 Å². The average Bonchev–Trinajstić information content (AvgIpc) is 2.96. The normalized spacial score (nSPS) is 14.9. The predicted molar refractivity (Wildman–Crippen MR) is 119 cm³/mol. The second kappa shape index (κ2) is 10.5. The molecular formula is C21H24ClFN4OS. The molecule has 5 nitrogen and oxygen atoms in total. The standard InChI is InChI=1S/C21H24ClFN4OS/c22-18-13-17(7-8-19(18)23)25-21(29)27-10-4-9-26(11-12-27)15-20(28)24-14-16-5-2-1-3-6-16/h1-3,5-8,13H,4,9-12,14-15H2,(H,24,28)(H,25,29). The van der Waals surface area contributed by atoms with Gasteiger partial charge >= 0.3 is 0 Å². The summed E-state index contributed by atoms with van der Waals surface area (Å²) in [5.41, 5.74) is 1.74. The van der Waals surface area contributed by atoms with Crippen LogP contribution in [0.1, 0.15) is 12.0 Å². The number of thiocarbonyl (C=S) groups is 1. The molecule has 1 heterocycles. The molecule has 0 bridgehead atoms. The molecule has 2 aromatic carbocycles. The zero-order valence-corrected chi connectivity index (χ0v) is 17.6. The van der Waals surface area contributed by atoms with E-state index in [2.05, 4.69) is 20.4 Å². The van der Waals surface area contributed by atoms with Crippen LogP contribution in [0.3, 0.4) is 0 Å². The number of carbonyl (C=O) groups is 1. The van der Waals surface area contributed by atoms with E-state index in [0.29, 0.717) is 30.4 Å². The van der Waals surface area contributed by atoms with E-state index in [1.807, 2.05) is 30.3 Å². The summed E-state index contributed by atoms with van der Waals surface area (Å²) in [7, 11) is 0. The minimum Gasteiger partial charge on any atom is -0.351 e. The Kier molecular flexibility index (Phi) is 7.80. The van der Waals surface area contributed by atoms with E-state index in [0.717, 1.165) is 31.6 Å². The van der Waals surface area contributed by atoms with E-state index in [-0.39, 0.29) is 10.9 Å². The molecule has 1 fully saturated rings. The van der Waals surface area contributed by atoms with Gasteiger partial charge < -0.3 is 15.5 Å². The molecule has 1 amide bonds. The number of hydrogen-bond acceptors (Lipinski definition) is 3. The molecule has 0 atom stereocenters. The maximum absolute atomic E-state index is 13.3. The number of anilines is 1. The number of hydrogen-bond donors (Lipinski definition) is 2. The number of halogens is 2. The molecule has 1 aliphatic rings. The monoisotopic (exact) mass is 434 g/mol. The Morgan fingerprint density at radius 2 is 1.90 bits per heavy atom. The van der Waals surface area contributed by atoms with Gasteiger partial charge in [-0.3, -0.25) is 9.69 Å². The molecule has 1 aliphatic heterocycles. The van der Waals surface area contributed by atoms with Crippen molar-refractivity contribution in [3.63, 3.8) is 0 Å². The second-order valence-corrected chi connectivity index (χ2v) is 7.73. The van der Waals surface area contributed by atoms with Crippen LogP contribution in [-0.4, -0.2) is 53.5 Å². The summed E-state index contributed by atoms with van der Waals surface area (Å²) in [5.74, 6) is -0.442. The fraction of sp³-hybridized carbons (Fsp3) is 0.333. The lowest BCUT2D eigenvalue weighted by atomic mass is 10.2. The van der Waals surface area contributed by atoms with Crippen molar-refractivity contribution < 1.29 is 9.18 Å². The van der Waals surface area contributed by atoms with Gasteiger partial charge in [-0.1, -0.05) is 41.9 Å². The predicted octanol–water partition coefficient (Wildman–Crippen LogP) is 3.50. The lowest BCUT2D eigenvalue weighted by Gasteiger charge is -2.24. The largest absolute Gasteiger partial charge is 0.351 e. The van der Waals surface area contributed by atoms with Crippen LogP contribution < -0.4 is 10.6 Å². The van der Waals surface area contributed by atoms with Crippen LogP contribution in [0.5, 0.6) is 0 Å². The zero-order chi connectivity index (χ0) is 20.6. The van der Waals surface area contributed by atoms with Gasteiger partial charge in [0.15, 0.2) is 5.11 Å². The number of amides is 1. The maximum atomic E-state index is 13.3. The summed E-state index contributed by atoms with van der Waals surface area (Å²) in [4.78, 5) is 16.5. The molecule has 2 N–H and O–H groups in total. The second-order valence-electron chi connectivity index (χ2n) is 6.94. The Morgan fingerprint density at radius 3 is 2.66 bits per heavy atom. The van der Waals surface area contributed by atoms with Gasteiger partial charge in [0.2, 0.25) is 5.91 Å². The molecule has 0 spiro atoms. The Hall–Kier alpha value is -2.22. The van der Waals surface area contributed by atoms with Crippen LogP contribution in [0.15, 0.2) is 48.5 Å². The van der Waals surface area contributed by atoms with Crippen molar-refractivity contribution in [2.45, 2.75) is 13.0 Å². The highest BCUT2D eigenvalue weighted by Crippen LogP contribution is 2.20. The van der Waals surface area contributed by atoms with E-state index in [1.165, 1.54) is 12.1 Å². The Morgan fingerprint density at radius 1 is 1.10 bits per heavy atom. The molecule has 8 heteroatoms. The van der Waals surface area contributed by atoms with Crippen LogP contribution in [-0.2, 0) is 11.3 Å². The highest BCUT2D eigenvalue weighted by atomic mass is 35.5. The van der Waals surface area contributed by atoms with Crippen molar-refractivity contribution >= 4 is 40.5 Å². The molecule has 0 aromatic heterocycles. The van der Waals surface area contributed by atoms with E-state index < -0.39 is 5.82 Å². The van der Waals surface area contributed by atoms with Crippen LogP contribution in [0.25, 0.3) is 0 Å². The van der Waals surface area contributed by atoms with Crippen molar-refractivity contribution in [2.75, 3.05) is 38.0 Å². The smallest absolute Gasteiger partial charge is 0.234 e. The van der Waals surface area contributed by atoms with Crippen molar-refractivity contribution in [3.05, 3.63) is 64.9 Å². The maximum Gasteiger partial charge on any atom is 0.234 e. The van der Waals surface area contributed by atoms with Gasteiger partial charge in [-0.05, 0) is 42.4 Å². The van der Waals surface area contributed by atoms with Crippen molar-refractivity contribution in [3.8, 4) is 0 Å². The topological polar surface area (TPSA) is 47.6 Å². The van der Waals surface area contributed by atoms with Crippen molar-refractivity contribution in [2.24, 2.45) is 0 Å². The summed E-state index contributed by atoms with van der Waals surface area (Å²) in [5, 5.41) is 6.71. The molecule has 1 saturated heterocycles. The molecule has 0 aliphatic carbocycles. The lowest BCUT2D eigenvalue weighted by Crippen LogP contribution is -2.40. The summed E-state index contributed by atoms with van der Waals surface area (Å²) in [6, 6.07) is 14.3. The van der Waals surface area contributed by atoms with Crippen LogP contribution >= 0.6 is 23.8 Å². The van der Waals surface area contributed by atoms with E-state index in [1.54, 1.807) is 6.07 Å². The average molecular weight is 435 g/mol. The molecule has 29 heavy (non-hydrogen) atoms. The Balaban J connectivity index is 1.44. The van der Waals surface area contributed by atoms with Gasteiger partial charge in [-0.2, -0.15) is 0 Å². The van der Waals surface area contributed by atoms with Crippen molar-refractivity contribution in [1.82, 2.24) is 15.1 Å². The number of benzene rings is 2. The molecule has 0 unspecified atom stereocenters. The van der Waals surface area contributed by atoms with Crippen LogP contribution in [0, 0.1) is 5.82 Å². The van der Waals surface area contributed by atoms with Crippen molar-refractivity contribution in [1.29, 1.82) is 0 Å². The van der Waals surface area contributed by atoms with Gasteiger partial charge in [0.05, 0.1) is 11.6 Å². The first-order valence-electron chi connectivity index (χ1n) is 9.55. The van der Waals surface area contributed by atoms with Gasteiger partial charge in [0.25, 0.3) is 0 Å². The number of nitrogens with one attached hydrogen (secondary N) is 2. The third kappa shape index (κ3) is 6.66. The minimum atomic E-state index is -0.459. The van der Waals surface area contributed by atoms with E-state index in [4.69, 9.17) is 23.8 Å². The molecule has 154 valence electrons. The van der Waals surface area contributed by atoms with Gasteiger partial charge in [-0.15, -0.1) is 0 Å². The lowest BCUT2D eigenvalue weighted by molar-refractivity contribution is -0.122. The Bertz CT molecular complexity index is 852.